The van der Waals surface area contributed by atoms with Crippen molar-refractivity contribution in [2.24, 2.45) is 5.92 Å². The fourth-order valence-corrected chi connectivity index (χ4v) is 1.89. The van der Waals surface area contributed by atoms with Crippen LogP contribution in [0.4, 0.5) is 0 Å². The van der Waals surface area contributed by atoms with E-state index in [9.17, 15) is 0 Å². The zero-order valence-electron chi connectivity index (χ0n) is 10.7. The maximum Gasteiger partial charge on any atom is 0.324 e. The monoisotopic (exact) mass is 271 g/mol. The number of aromatic nitrogens is 3. The molecule has 0 bridgehead atoms. The van der Waals surface area contributed by atoms with Crippen molar-refractivity contribution in [3.8, 4) is 12.0 Å². The number of rotatable bonds is 6. The molecule has 1 fully saturated rings. The van der Waals surface area contributed by atoms with E-state index in [2.05, 4.69) is 15.0 Å². The number of ether oxygens (including phenoxy) is 2. The van der Waals surface area contributed by atoms with Crippen molar-refractivity contribution in [1.82, 2.24) is 15.0 Å². The van der Waals surface area contributed by atoms with Gasteiger partial charge in [-0.15, -0.1) is 4.98 Å². The number of nitrogens with zero attached hydrogens (tertiary/aromatic N) is 3. The quantitative estimate of drug-likeness (QED) is 0.796. The van der Waals surface area contributed by atoms with Crippen molar-refractivity contribution < 1.29 is 9.47 Å². The maximum atomic E-state index is 5.79. The highest BCUT2D eigenvalue weighted by molar-refractivity contribution is 6.28. The second kappa shape index (κ2) is 6.18. The van der Waals surface area contributed by atoms with Gasteiger partial charge in [0, 0.05) is 0 Å². The van der Waals surface area contributed by atoms with Crippen LogP contribution in [0.15, 0.2) is 0 Å². The molecule has 5 nitrogen and oxygen atoms in total. The lowest BCUT2D eigenvalue weighted by molar-refractivity contribution is 0.197. The third kappa shape index (κ3) is 3.98. The van der Waals surface area contributed by atoms with Crippen LogP contribution in [0.1, 0.15) is 39.5 Å². The summed E-state index contributed by atoms with van der Waals surface area (Å²) in [6.07, 6.45) is 5.00. The van der Waals surface area contributed by atoms with Gasteiger partial charge in [0.25, 0.3) is 0 Å². The molecule has 2 rings (SSSR count). The summed E-state index contributed by atoms with van der Waals surface area (Å²) < 4.78 is 10.9. The van der Waals surface area contributed by atoms with Crippen LogP contribution in [-0.2, 0) is 0 Å². The average molecular weight is 272 g/mol. The molecule has 0 atom stereocenters. The molecule has 0 N–H and O–H groups in total. The van der Waals surface area contributed by atoms with E-state index in [1.165, 1.54) is 19.3 Å². The fourth-order valence-electron chi connectivity index (χ4n) is 1.74. The van der Waals surface area contributed by atoms with Crippen molar-refractivity contribution in [3.05, 3.63) is 5.28 Å². The molecule has 0 aliphatic heterocycles. The molecule has 0 radical (unpaired) electrons. The number of halogens is 1. The number of hydrogen-bond donors (Lipinski definition) is 0. The lowest BCUT2D eigenvalue weighted by Gasteiger charge is -2.24. The summed E-state index contributed by atoms with van der Waals surface area (Å²) in [5, 5.41) is 0.0966. The van der Waals surface area contributed by atoms with E-state index in [0.29, 0.717) is 6.61 Å². The Balaban J connectivity index is 1.87. The van der Waals surface area contributed by atoms with Crippen LogP contribution in [0.3, 0.4) is 0 Å². The maximum absolute atomic E-state index is 5.79. The first-order chi connectivity index (χ1) is 8.63. The first-order valence-corrected chi connectivity index (χ1v) is 6.72. The van der Waals surface area contributed by atoms with Crippen molar-refractivity contribution in [2.75, 3.05) is 6.61 Å². The highest BCUT2D eigenvalue weighted by atomic mass is 35.5. The van der Waals surface area contributed by atoms with E-state index in [-0.39, 0.29) is 23.4 Å². The van der Waals surface area contributed by atoms with Gasteiger partial charge in [0.2, 0.25) is 5.28 Å². The number of hydrogen-bond acceptors (Lipinski definition) is 5. The normalized spacial score (nSPS) is 15.6. The van der Waals surface area contributed by atoms with Gasteiger partial charge < -0.3 is 9.47 Å². The van der Waals surface area contributed by atoms with Crippen LogP contribution in [0.2, 0.25) is 5.28 Å². The summed E-state index contributed by atoms with van der Waals surface area (Å²) in [6.45, 7) is 4.41. The Morgan fingerprint density at radius 1 is 1.22 bits per heavy atom. The van der Waals surface area contributed by atoms with E-state index in [1.54, 1.807) is 0 Å². The summed E-state index contributed by atoms with van der Waals surface area (Å²) in [7, 11) is 0. The molecule has 0 amide bonds. The first kappa shape index (κ1) is 13.3. The molecule has 0 unspecified atom stereocenters. The van der Waals surface area contributed by atoms with Gasteiger partial charge in [-0.1, -0.05) is 19.3 Å². The fraction of sp³-hybridized carbons (Fsp3) is 0.750. The van der Waals surface area contributed by atoms with Crippen molar-refractivity contribution in [1.29, 1.82) is 0 Å². The lowest BCUT2D eigenvalue weighted by atomic mass is 9.83. The molecule has 0 saturated heterocycles. The van der Waals surface area contributed by atoms with E-state index in [0.717, 1.165) is 12.3 Å². The second-order valence-corrected chi connectivity index (χ2v) is 5.11. The predicted octanol–water partition coefficient (Wildman–Crippen LogP) is 2.88. The van der Waals surface area contributed by atoms with Gasteiger partial charge in [-0.05, 0) is 37.8 Å². The van der Waals surface area contributed by atoms with E-state index in [4.69, 9.17) is 21.1 Å². The van der Waals surface area contributed by atoms with Crippen molar-refractivity contribution >= 4 is 11.6 Å². The molecule has 0 spiro atoms. The Labute approximate surface area is 112 Å². The Morgan fingerprint density at radius 3 is 2.56 bits per heavy atom. The predicted molar refractivity (Wildman–Crippen MR) is 68.1 cm³/mol. The Morgan fingerprint density at radius 2 is 1.94 bits per heavy atom. The van der Waals surface area contributed by atoms with E-state index < -0.39 is 0 Å². The van der Waals surface area contributed by atoms with Crippen LogP contribution in [0, 0.1) is 5.92 Å². The molecular weight excluding hydrogens is 254 g/mol. The van der Waals surface area contributed by atoms with E-state index in [1.807, 2.05) is 13.8 Å². The Kier molecular flexibility index (Phi) is 4.58. The van der Waals surface area contributed by atoms with E-state index >= 15 is 0 Å². The molecular formula is C12H18ClN3O2. The Hall–Kier alpha value is -1.10. The lowest BCUT2D eigenvalue weighted by Crippen LogP contribution is -2.15. The third-order valence-corrected chi connectivity index (χ3v) is 3.06. The molecule has 18 heavy (non-hydrogen) atoms. The molecule has 1 saturated carbocycles. The molecule has 1 aromatic heterocycles. The van der Waals surface area contributed by atoms with Gasteiger partial charge in [0.1, 0.15) is 0 Å². The Bertz CT molecular complexity index is 397. The largest absolute Gasteiger partial charge is 0.463 e. The van der Waals surface area contributed by atoms with Crippen LogP contribution in [0.25, 0.3) is 0 Å². The van der Waals surface area contributed by atoms with Crippen LogP contribution < -0.4 is 9.47 Å². The van der Waals surface area contributed by atoms with Gasteiger partial charge in [-0.2, -0.15) is 9.97 Å². The zero-order valence-corrected chi connectivity index (χ0v) is 11.5. The average Bonchev–Trinajstić information content (AvgIpc) is 2.19. The highest BCUT2D eigenvalue weighted by Gasteiger charge is 2.17. The first-order valence-electron chi connectivity index (χ1n) is 6.34. The highest BCUT2D eigenvalue weighted by Crippen LogP contribution is 2.29. The summed E-state index contributed by atoms with van der Waals surface area (Å²) in [6, 6.07) is 0.452. The standard InChI is InChI=1S/C12H18ClN3O2/c1-8(2)18-12-15-10(13)14-11(16-12)17-7-6-9-4-3-5-9/h8-9H,3-7H2,1-2H3. The minimum atomic E-state index is -0.00806. The van der Waals surface area contributed by atoms with Gasteiger partial charge in [0.05, 0.1) is 12.7 Å². The van der Waals surface area contributed by atoms with Crippen LogP contribution >= 0.6 is 11.6 Å². The van der Waals surface area contributed by atoms with Gasteiger partial charge in [-0.3, -0.25) is 0 Å². The molecule has 6 heteroatoms. The van der Waals surface area contributed by atoms with Crippen LogP contribution in [-0.4, -0.2) is 27.7 Å². The summed E-state index contributed by atoms with van der Waals surface area (Å²) >= 11 is 5.79. The van der Waals surface area contributed by atoms with Crippen molar-refractivity contribution in [2.45, 2.75) is 45.6 Å². The SMILES string of the molecule is CC(C)Oc1nc(Cl)nc(OCCC2CCC2)n1. The summed E-state index contributed by atoms with van der Waals surface area (Å²) in [5.41, 5.74) is 0. The minimum absolute atomic E-state index is 0.00806. The minimum Gasteiger partial charge on any atom is -0.463 e. The van der Waals surface area contributed by atoms with Gasteiger partial charge in [-0.25, -0.2) is 0 Å². The topological polar surface area (TPSA) is 57.1 Å². The zero-order chi connectivity index (χ0) is 13.0. The van der Waals surface area contributed by atoms with Crippen molar-refractivity contribution in [3.63, 3.8) is 0 Å². The molecule has 1 aromatic rings. The molecule has 100 valence electrons. The summed E-state index contributed by atoms with van der Waals surface area (Å²) in [4.78, 5) is 11.9. The summed E-state index contributed by atoms with van der Waals surface area (Å²) in [5.74, 6) is 0.800. The molecule has 1 aliphatic carbocycles. The smallest absolute Gasteiger partial charge is 0.324 e. The van der Waals surface area contributed by atoms with Gasteiger partial charge in [0.15, 0.2) is 0 Å². The van der Waals surface area contributed by atoms with Gasteiger partial charge >= 0.3 is 12.0 Å². The van der Waals surface area contributed by atoms with Crippen LogP contribution in [0.5, 0.6) is 12.0 Å². The molecule has 0 aromatic carbocycles. The molecule has 1 aliphatic rings. The second-order valence-electron chi connectivity index (χ2n) is 4.77. The third-order valence-electron chi connectivity index (χ3n) is 2.89. The molecule has 1 heterocycles.